The highest BCUT2D eigenvalue weighted by molar-refractivity contribution is 6.11. The van der Waals surface area contributed by atoms with Gasteiger partial charge in [0.05, 0.1) is 57.6 Å². The minimum atomic E-state index is 0.424. The number of rotatable bonds is 5. The predicted molar refractivity (Wildman–Crippen MR) is 201 cm³/mol. The molecule has 0 radical (unpaired) electrons. The van der Waals surface area contributed by atoms with E-state index in [1.165, 1.54) is 0 Å². The molecule has 0 N–H and O–H groups in total. The second kappa shape index (κ2) is 12.7. The maximum absolute atomic E-state index is 10.1. The van der Waals surface area contributed by atoms with Crippen LogP contribution in [0.1, 0.15) is 22.3 Å². The maximum Gasteiger partial charge on any atom is 0.0998 e. The summed E-state index contributed by atoms with van der Waals surface area (Å²) >= 11 is 0. The van der Waals surface area contributed by atoms with Crippen molar-refractivity contribution in [1.29, 1.82) is 21.0 Å². The first-order valence-electron chi connectivity index (χ1n) is 16.3. The van der Waals surface area contributed by atoms with Crippen LogP contribution in [0.2, 0.25) is 0 Å². The van der Waals surface area contributed by atoms with Crippen molar-refractivity contribution in [2.24, 2.45) is 0 Å². The number of hydrogen-bond acceptors (Lipinski definition) is 4. The molecule has 0 amide bonds. The SMILES string of the molecule is N#Cc1cccc(C#N)c1-c1ccc2c3ccc(-c4c(C#N)cccc4C#N)cc3n(-c3cc(-c4ccccc4)cc(-c4ccccc4)c3)c2c1. The molecule has 1 aromatic heterocycles. The molecule has 0 aliphatic rings. The Balaban J connectivity index is 1.50. The van der Waals surface area contributed by atoms with Gasteiger partial charge < -0.3 is 4.57 Å². The Bertz CT molecular complexity index is 2580. The summed E-state index contributed by atoms with van der Waals surface area (Å²) in [6, 6.07) is 58.7. The van der Waals surface area contributed by atoms with E-state index in [9.17, 15) is 21.0 Å². The Morgan fingerprint density at radius 2 is 0.725 bits per heavy atom. The van der Waals surface area contributed by atoms with E-state index in [2.05, 4.69) is 71.3 Å². The Hall–Kier alpha value is -7.70. The highest BCUT2D eigenvalue weighted by atomic mass is 15.0. The van der Waals surface area contributed by atoms with Crippen molar-refractivity contribution in [3.8, 4) is 74.5 Å². The van der Waals surface area contributed by atoms with Gasteiger partial charge in [0.2, 0.25) is 0 Å². The molecule has 0 bridgehead atoms. The monoisotopic (exact) mass is 647 g/mol. The van der Waals surface area contributed by atoms with Crippen molar-refractivity contribution in [1.82, 2.24) is 4.57 Å². The Labute approximate surface area is 295 Å². The summed E-state index contributed by atoms with van der Waals surface area (Å²) in [6.45, 7) is 0. The Morgan fingerprint density at radius 3 is 1.10 bits per heavy atom. The average Bonchev–Trinajstić information content (AvgIpc) is 3.53. The van der Waals surface area contributed by atoms with E-state index < -0.39 is 0 Å². The Kier molecular flexibility index (Phi) is 7.64. The van der Waals surface area contributed by atoms with Crippen molar-refractivity contribution >= 4 is 21.8 Å². The first-order valence-corrected chi connectivity index (χ1v) is 16.3. The zero-order valence-corrected chi connectivity index (χ0v) is 27.2. The molecular weight excluding hydrogens is 623 g/mol. The third-order valence-electron chi connectivity index (χ3n) is 9.35. The minimum Gasteiger partial charge on any atom is -0.309 e. The smallest absolute Gasteiger partial charge is 0.0998 e. The van der Waals surface area contributed by atoms with Gasteiger partial charge in [0.15, 0.2) is 0 Å². The van der Waals surface area contributed by atoms with Gasteiger partial charge in [-0.05, 0) is 88.0 Å². The van der Waals surface area contributed by atoms with Crippen LogP contribution < -0.4 is 0 Å². The molecule has 8 aromatic rings. The first-order chi connectivity index (χ1) is 25.1. The van der Waals surface area contributed by atoms with Gasteiger partial charge in [-0.2, -0.15) is 21.0 Å². The summed E-state index contributed by atoms with van der Waals surface area (Å²) in [5.74, 6) is 0. The first kappa shape index (κ1) is 30.6. The quantitative estimate of drug-likeness (QED) is 0.185. The molecule has 7 aromatic carbocycles. The lowest BCUT2D eigenvalue weighted by atomic mass is 9.94. The lowest BCUT2D eigenvalue weighted by molar-refractivity contribution is 1.18. The van der Waals surface area contributed by atoms with E-state index in [1.54, 1.807) is 36.4 Å². The van der Waals surface area contributed by atoms with Gasteiger partial charge in [0.25, 0.3) is 0 Å². The largest absolute Gasteiger partial charge is 0.309 e. The summed E-state index contributed by atoms with van der Waals surface area (Å²) in [7, 11) is 0. The zero-order valence-electron chi connectivity index (χ0n) is 27.2. The number of nitrogens with zero attached hydrogens (tertiary/aromatic N) is 5. The summed E-state index contributed by atoms with van der Waals surface area (Å²) in [6.07, 6.45) is 0. The van der Waals surface area contributed by atoms with Crippen LogP contribution in [-0.4, -0.2) is 4.57 Å². The van der Waals surface area contributed by atoms with Gasteiger partial charge in [-0.15, -0.1) is 0 Å². The molecule has 5 heteroatoms. The molecule has 51 heavy (non-hydrogen) atoms. The van der Waals surface area contributed by atoms with Gasteiger partial charge in [0, 0.05) is 27.6 Å². The number of benzene rings is 7. The zero-order chi connectivity index (χ0) is 34.9. The van der Waals surface area contributed by atoms with Crippen molar-refractivity contribution < 1.29 is 0 Å². The maximum atomic E-state index is 10.1. The molecular formula is C46H25N5. The molecule has 0 aliphatic heterocycles. The van der Waals surface area contributed by atoms with Gasteiger partial charge in [-0.3, -0.25) is 0 Å². The van der Waals surface area contributed by atoms with Gasteiger partial charge in [-0.25, -0.2) is 0 Å². The van der Waals surface area contributed by atoms with E-state index in [1.807, 2.05) is 72.8 Å². The fourth-order valence-corrected chi connectivity index (χ4v) is 7.04. The molecule has 0 atom stereocenters. The second-order valence-corrected chi connectivity index (χ2v) is 12.2. The molecule has 0 unspecified atom stereocenters. The topological polar surface area (TPSA) is 100 Å². The third kappa shape index (κ3) is 5.26. The van der Waals surface area contributed by atoms with Crippen molar-refractivity contribution in [2.45, 2.75) is 0 Å². The summed E-state index contributed by atoms with van der Waals surface area (Å²) in [5, 5.41) is 42.2. The van der Waals surface area contributed by atoms with Crippen LogP contribution >= 0.6 is 0 Å². The minimum absolute atomic E-state index is 0.424. The molecule has 5 nitrogen and oxygen atoms in total. The number of aromatic nitrogens is 1. The molecule has 234 valence electrons. The Morgan fingerprint density at radius 1 is 0.333 bits per heavy atom. The van der Waals surface area contributed by atoms with Gasteiger partial charge in [0.1, 0.15) is 0 Å². The molecule has 0 fully saturated rings. The lowest BCUT2D eigenvalue weighted by Gasteiger charge is -2.15. The van der Waals surface area contributed by atoms with Gasteiger partial charge in [-0.1, -0.05) is 97.1 Å². The van der Waals surface area contributed by atoms with E-state index in [0.29, 0.717) is 33.4 Å². The number of hydrogen-bond donors (Lipinski definition) is 0. The normalized spacial score (nSPS) is 10.7. The molecule has 0 spiro atoms. The van der Waals surface area contributed by atoms with Crippen molar-refractivity contribution in [3.05, 3.63) is 174 Å². The predicted octanol–water partition coefficient (Wildman–Crippen LogP) is 10.9. The summed E-state index contributed by atoms with van der Waals surface area (Å²) < 4.78 is 2.21. The molecule has 1 heterocycles. The fourth-order valence-electron chi connectivity index (χ4n) is 7.04. The van der Waals surface area contributed by atoms with Crippen molar-refractivity contribution in [2.75, 3.05) is 0 Å². The molecule has 0 aliphatic carbocycles. The number of nitriles is 4. The van der Waals surface area contributed by atoms with Crippen LogP contribution in [0.25, 0.3) is 72.0 Å². The second-order valence-electron chi connectivity index (χ2n) is 12.2. The molecule has 0 saturated heterocycles. The summed E-state index contributed by atoms with van der Waals surface area (Å²) in [4.78, 5) is 0. The fraction of sp³-hybridized carbons (Fsp3) is 0. The lowest BCUT2D eigenvalue weighted by Crippen LogP contribution is -1.97. The summed E-state index contributed by atoms with van der Waals surface area (Å²) in [5.41, 5.74) is 11.3. The van der Waals surface area contributed by atoms with E-state index in [4.69, 9.17) is 0 Å². The average molecular weight is 648 g/mol. The highest BCUT2D eigenvalue weighted by Crippen LogP contribution is 2.41. The molecule has 0 saturated carbocycles. The van der Waals surface area contributed by atoms with Crippen LogP contribution in [0, 0.1) is 45.3 Å². The van der Waals surface area contributed by atoms with E-state index >= 15 is 0 Å². The van der Waals surface area contributed by atoms with E-state index in [-0.39, 0.29) is 0 Å². The van der Waals surface area contributed by atoms with Crippen LogP contribution in [-0.2, 0) is 0 Å². The highest BCUT2D eigenvalue weighted by Gasteiger charge is 2.20. The van der Waals surface area contributed by atoms with E-state index in [0.717, 1.165) is 60.9 Å². The molecule has 8 rings (SSSR count). The van der Waals surface area contributed by atoms with Crippen LogP contribution in [0.15, 0.2) is 152 Å². The standard InChI is InChI=1S/C46H25N5/c47-26-34-13-7-14-35(27-48)45(34)32-17-19-41-42-20-18-33(46-36(28-49)15-8-16-37(46)29-50)25-44(42)51(43(41)24-32)40-22-38(30-9-3-1-4-10-30)21-39(23-40)31-11-5-2-6-12-31/h1-25H. The van der Waals surface area contributed by atoms with Gasteiger partial charge >= 0.3 is 0 Å². The van der Waals surface area contributed by atoms with Crippen LogP contribution in [0.5, 0.6) is 0 Å². The third-order valence-corrected chi connectivity index (χ3v) is 9.35. The van der Waals surface area contributed by atoms with Crippen LogP contribution in [0.4, 0.5) is 0 Å². The van der Waals surface area contributed by atoms with Crippen LogP contribution in [0.3, 0.4) is 0 Å². The number of fused-ring (bicyclic) bond motifs is 3. The van der Waals surface area contributed by atoms with Crippen molar-refractivity contribution in [3.63, 3.8) is 0 Å².